The number of primary amides is 1. The van der Waals surface area contributed by atoms with Crippen LogP contribution in [0.2, 0.25) is 0 Å². The van der Waals surface area contributed by atoms with Crippen molar-refractivity contribution in [3.8, 4) is 0 Å². The molecule has 7 amide bonds. The SMILES string of the molecule is [B]C(=O)OCc1ccc(NC(=O)[C@H](CCCNC(N)=O)NC(=O)C(NC(=O)CCCCCN2C(=O)CC(SC([B])(CC)CC)C2=O)C(C)C)cc1. The first-order chi connectivity index (χ1) is 24.1. The molecule has 51 heavy (non-hydrogen) atoms. The number of ether oxygens (including phenoxy) is 1. The van der Waals surface area contributed by atoms with Crippen LogP contribution in [0.3, 0.4) is 0 Å². The lowest BCUT2D eigenvalue weighted by atomic mass is 9.81. The van der Waals surface area contributed by atoms with E-state index in [-0.39, 0.29) is 62.6 Å². The van der Waals surface area contributed by atoms with Gasteiger partial charge in [0.1, 0.15) is 18.7 Å². The maximum atomic E-state index is 13.4. The highest BCUT2D eigenvalue weighted by Gasteiger charge is 2.41. The second kappa shape index (κ2) is 21.4. The van der Waals surface area contributed by atoms with Gasteiger partial charge in [0.05, 0.1) is 13.1 Å². The topological polar surface area (TPSA) is 206 Å². The number of hydrogen-bond acceptors (Lipinski definition) is 9. The highest BCUT2D eigenvalue weighted by molar-refractivity contribution is 8.03. The molecule has 1 aromatic carbocycles. The van der Waals surface area contributed by atoms with Crippen molar-refractivity contribution in [3.05, 3.63) is 29.8 Å². The second-order valence-corrected chi connectivity index (χ2v) is 14.5. The van der Waals surface area contributed by atoms with Gasteiger partial charge in [-0.25, -0.2) is 4.79 Å². The summed E-state index contributed by atoms with van der Waals surface area (Å²) in [5.41, 5.74) is 6.21. The number of likely N-dealkylation sites (tertiary alicyclic amines) is 1. The van der Waals surface area contributed by atoms with Crippen molar-refractivity contribution < 1.29 is 38.3 Å². The molecule has 1 aromatic rings. The summed E-state index contributed by atoms with van der Waals surface area (Å²) in [4.78, 5) is 88.2. The van der Waals surface area contributed by atoms with Gasteiger partial charge in [0.2, 0.25) is 43.3 Å². The maximum absolute atomic E-state index is 13.4. The number of hydrogen-bond donors (Lipinski definition) is 5. The molecular weight excluding hydrogens is 674 g/mol. The summed E-state index contributed by atoms with van der Waals surface area (Å²) in [5.74, 6) is -3.07. The molecule has 0 saturated carbocycles. The molecule has 4 radical (unpaired) electrons. The van der Waals surface area contributed by atoms with Gasteiger partial charge < -0.3 is 31.7 Å². The van der Waals surface area contributed by atoms with Gasteiger partial charge in [-0.05, 0) is 66.8 Å². The van der Waals surface area contributed by atoms with E-state index >= 15 is 0 Å². The van der Waals surface area contributed by atoms with Crippen molar-refractivity contribution in [1.29, 1.82) is 0 Å². The smallest absolute Gasteiger partial charge is 0.312 e. The third-order valence-corrected chi connectivity index (χ3v) is 10.2. The van der Waals surface area contributed by atoms with E-state index < -0.39 is 45.7 Å². The van der Waals surface area contributed by atoms with Gasteiger partial charge in [-0.15, -0.1) is 0 Å². The van der Waals surface area contributed by atoms with Crippen molar-refractivity contribution in [2.24, 2.45) is 11.7 Å². The van der Waals surface area contributed by atoms with E-state index in [2.05, 4.69) is 21.3 Å². The lowest BCUT2D eigenvalue weighted by Crippen LogP contribution is -2.54. The van der Waals surface area contributed by atoms with Gasteiger partial charge in [-0.3, -0.25) is 33.7 Å². The zero-order valence-electron chi connectivity index (χ0n) is 30.0. The Kier molecular flexibility index (Phi) is 18.1. The van der Waals surface area contributed by atoms with Crippen molar-refractivity contribution in [2.45, 2.75) is 114 Å². The monoisotopic (exact) mass is 724 g/mol. The lowest BCUT2D eigenvalue weighted by Gasteiger charge is -2.29. The number of benzene rings is 1. The van der Waals surface area contributed by atoms with E-state index in [4.69, 9.17) is 26.2 Å². The third kappa shape index (κ3) is 15.0. The van der Waals surface area contributed by atoms with Gasteiger partial charge in [0, 0.05) is 31.6 Å². The fourth-order valence-corrected chi connectivity index (χ4v) is 6.66. The number of thioether (sulfide) groups is 1. The Labute approximate surface area is 307 Å². The number of nitrogens with two attached hydrogens (primary N) is 1. The summed E-state index contributed by atoms with van der Waals surface area (Å²) >= 11 is 1.36. The molecule has 14 nitrogen and oxygen atoms in total. The number of rotatable bonds is 22. The van der Waals surface area contributed by atoms with Crippen LogP contribution in [0, 0.1) is 5.92 Å². The molecule has 276 valence electrons. The number of nitrogens with one attached hydrogen (secondary N) is 4. The Bertz CT molecular complexity index is 1380. The Balaban J connectivity index is 1.92. The Morgan fingerprint density at radius 1 is 1.00 bits per heavy atom. The average Bonchev–Trinajstić information content (AvgIpc) is 3.34. The number of carbonyl (C=O) groups excluding carboxylic acids is 7. The zero-order valence-corrected chi connectivity index (χ0v) is 30.8. The van der Waals surface area contributed by atoms with Gasteiger partial charge in [-0.2, -0.15) is 11.8 Å². The predicted octanol–water partition coefficient (Wildman–Crippen LogP) is 2.61. The van der Waals surface area contributed by atoms with E-state index in [0.717, 1.165) is 0 Å². The molecule has 0 aliphatic carbocycles. The van der Waals surface area contributed by atoms with E-state index in [1.165, 1.54) is 16.7 Å². The predicted molar refractivity (Wildman–Crippen MR) is 197 cm³/mol. The number of urea groups is 1. The molecule has 0 spiro atoms. The van der Waals surface area contributed by atoms with Crippen LogP contribution in [-0.2, 0) is 35.3 Å². The van der Waals surface area contributed by atoms with Crippen LogP contribution in [0.15, 0.2) is 24.3 Å². The number of imide groups is 1. The molecule has 1 fully saturated rings. The number of anilines is 1. The van der Waals surface area contributed by atoms with Crippen molar-refractivity contribution in [1.82, 2.24) is 20.9 Å². The largest absolute Gasteiger partial charge is 0.470 e. The second-order valence-electron chi connectivity index (χ2n) is 12.9. The lowest BCUT2D eigenvalue weighted by molar-refractivity contribution is -0.138. The third-order valence-electron chi connectivity index (χ3n) is 8.53. The summed E-state index contributed by atoms with van der Waals surface area (Å²) in [6.45, 7) is 7.88. The quantitative estimate of drug-likeness (QED) is 0.0676. The molecule has 2 unspecified atom stereocenters. The number of carbonyl (C=O) groups is 7. The van der Waals surface area contributed by atoms with Crippen molar-refractivity contribution in [3.63, 3.8) is 0 Å². The van der Waals surface area contributed by atoms with Gasteiger partial charge in [0.15, 0.2) is 0 Å². The molecule has 6 N–H and O–H groups in total. The zero-order chi connectivity index (χ0) is 38.1. The molecule has 1 saturated heterocycles. The molecule has 3 atom stereocenters. The van der Waals surface area contributed by atoms with Crippen LogP contribution in [0.1, 0.15) is 91.0 Å². The summed E-state index contributed by atoms with van der Waals surface area (Å²) in [6.07, 6.45) is 3.73. The summed E-state index contributed by atoms with van der Waals surface area (Å²) in [7, 11) is 11.4. The molecule has 1 aliphatic heterocycles. The molecule has 0 aromatic heterocycles. The van der Waals surface area contributed by atoms with E-state index in [9.17, 15) is 33.6 Å². The van der Waals surface area contributed by atoms with E-state index in [0.29, 0.717) is 49.8 Å². The van der Waals surface area contributed by atoms with E-state index in [1.54, 1.807) is 38.1 Å². The average molecular weight is 724 g/mol. The molecule has 2 rings (SSSR count). The first kappa shape index (κ1) is 43.2. The van der Waals surface area contributed by atoms with Crippen LogP contribution in [-0.4, -0.2) is 97.1 Å². The molecule has 17 heteroatoms. The van der Waals surface area contributed by atoms with Crippen LogP contribution in [0.25, 0.3) is 0 Å². The van der Waals surface area contributed by atoms with Gasteiger partial charge >= 0.3 is 6.03 Å². The van der Waals surface area contributed by atoms with Crippen LogP contribution < -0.4 is 27.0 Å². The number of unbranched alkanes of at least 4 members (excludes halogenated alkanes) is 2. The highest BCUT2D eigenvalue weighted by Crippen LogP contribution is 2.37. The van der Waals surface area contributed by atoms with E-state index in [1.807, 2.05) is 13.8 Å². The number of nitrogens with zero attached hydrogens (tertiary/aromatic N) is 1. The number of amides is 7. The highest BCUT2D eigenvalue weighted by atomic mass is 32.2. The standard InChI is InChI=1S/C34H50B2N6O8S/c1-5-34(36,6-2)51-25-19-27(44)42(31(25)47)18-9-7-8-12-26(43)41-28(21(3)4)30(46)40-24(11-10-17-38-33(37)49)29(45)39-23-15-13-22(14-16-23)20-50-32(35)48/h13-16,21,24-25,28H,5-12,17-20H2,1-4H3,(H,39,45)(H,40,46)(H,41,43)(H3,37,38,49)/t24-,25?,28?/m0/s1. The summed E-state index contributed by atoms with van der Waals surface area (Å²) in [5, 5.41) is 10.2. The Morgan fingerprint density at radius 2 is 1.67 bits per heavy atom. The van der Waals surface area contributed by atoms with Crippen molar-refractivity contribution in [2.75, 3.05) is 18.4 Å². The minimum Gasteiger partial charge on any atom is -0.470 e. The molecule has 1 aliphatic rings. The van der Waals surface area contributed by atoms with Crippen LogP contribution in [0.4, 0.5) is 15.3 Å². The molecule has 0 bridgehead atoms. The molecule has 1 heterocycles. The Hall–Kier alpha value is -4.01. The van der Waals surface area contributed by atoms with Crippen LogP contribution in [0.5, 0.6) is 0 Å². The van der Waals surface area contributed by atoms with Gasteiger partial charge in [-0.1, -0.05) is 46.2 Å². The first-order valence-electron chi connectivity index (χ1n) is 17.3. The minimum atomic E-state index is -1.01. The summed E-state index contributed by atoms with van der Waals surface area (Å²) in [6, 6.07) is 3.82. The van der Waals surface area contributed by atoms with Gasteiger partial charge in [0.25, 0.3) is 0 Å². The van der Waals surface area contributed by atoms with Crippen LogP contribution >= 0.6 is 11.8 Å². The van der Waals surface area contributed by atoms with Crippen molar-refractivity contribution >= 4 is 74.6 Å². The Morgan fingerprint density at radius 3 is 2.25 bits per heavy atom. The normalized spacial score (nSPS) is 15.6. The minimum absolute atomic E-state index is 0.0355. The fraction of sp³-hybridized carbons (Fsp3) is 0.618. The fourth-order valence-electron chi connectivity index (χ4n) is 5.31. The molecular formula is C34H50B2N6O8S. The first-order valence-corrected chi connectivity index (χ1v) is 18.2. The maximum Gasteiger partial charge on any atom is 0.312 e. The summed E-state index contributed by atoms with van der Waals surface area (Å²) < 4.78 is 4.21.